The number of hydrogen-bond donors (Lipinski definition) is 1. The number of nitrogens with zero attached hydrogens (tertiary/aromatic N) is 1. The molecular weight excluding hydrogens is 429 g/mol. The lowest BCUT2D eigenvalue weighted by Crippen LogP contribution is -2.31. The summed E-state index contributed by atoms with van der Waals surface area (Å²) in [6, 6.07) is 5.95. The number of fused-ring (bicyclic) bond motifs is 1. The summed E-state index contributed by atoms with van der Waals surface area (Å²) in [7, 11) is -8.55. The van der Waals surface area contributed by atoms with E-state index in [0.29, 0.717) is 11.6 Å². The Morgan fingerprint density at radius 3 is 2.30 bits per heavy atom. The molecule has 2 N–H and O–H groups in total. The molecule has 0 saturated carbocycles. The summed E-state index contributed by atoms with van der Waals surface area (Å²) < 4.78 is 89.4. The van der Waals surface area contributed by atoms with Crippen molar-refractivity contribution in [3.05, 3.63) is 52.5 Å². The SMILES string of the molecule is NS(=O)(=O)c1ccc2c(c1)CCN2S(=O)(=O)c1ccc(Cl)cc1C(F)(F)F. The molecule has 0 atom stereocenters. The lowest BCUT2D eigenvalue weighted by atomic mass is 10.2. The van der Waals surface area contributed by atoms with Crippen LogP contribution in [0.25, 0.3) is 0 Å². The van der Waals surface area contributed by atoms with E-state index in [4.69, 9.17) is 16.7 Å². The van der Waals surface area contributed by atoms with Crippen molar-refractivity contribution in [2.24, 2.45) is 5.14 Å². The third kappa shape index (κ3) is 3.64. The second kappa shape index (κ2) is 6.36. The van der Waals surface area contributed by atoms with Crippen molar-refractivity contribution >= 4 is 37.3 Å². The molecule has 1 heterocycles. The Hall–Kier alpha value is -1.82. The highest BCUT2D eigenvalue weighted by molar-refractivity contribution is 7.93. The van der Waals surface area contributed by atoms with Crippen molar-refractivity contribution in [1.82, 2.24) is 0 Å². The smallest absolute Gasteiger partial charge is 0.266 e. The van der Waals surface area contributed by atoms with E-state index in [-0.39, 0.29) is 28.6 Å². The predicted octanol–water partition coefficient (Wildman–Crippen LogP) is 2.76. The largest absolute Gasteiger partial charge is 0.417 e. The first-order chi connectivity index (χ1) is 12.3. The van der Waals surface area contributed by atoms with Crippen LogP contribution in [0, 0.1) is 0 Å². The van der Waals surface area contributed by atoms with E-state index < -0.39 is 36.7 Å². The quantitative estimate of drug-likeness (QED) is 0.793. The highest BCUT2D eigenvalue weighted by atomic mass is 35.5. The maximum atomic E-state index is 13.3. The first-order valence-electron chi connectivity index (χ1n) is 7.37. The summed E-state index contributed by atoms with van der Waals surface area (Å²) in [5, 5.41) is 4.80. The Morgan fingerprint density at radius 1 is 1.04 bits per heavy atom. The van der Waals surface area contributed by atoms with Gasteiger partial charge < -0.3 is 0 Å². The lowest BCUT2D eigenvalue weighted by molar-refractivity contribution is -0.139. The first kappa shape index (κ1) is 19.9. The number of rotatable bonds is 3. The molecule has 0 aliphatic carbocycles. The highest BCUT2D eigenvalue weighted by Gasteiger charge is 2.41. The molecule has 1 aliphatic rings. The Kier molecular flexibility index (Phi) is 4.70. The van der Waals surface area contributed by atoms with E-state index in [1.807, 2.05) is 0 Å². The third-order valence-electron chi connectivity index (χ3n) is 4.05. The van der Waals surface area contributed by atoms with Crippen LogP contribution in [0.5, 0.6) is 0 Å². The summed E-state index contributed by atoms with van der Waals surface area (Å²) in [6.45, 7) is -0.133. The van der Waals surface area contributed by atoms with Gasteiger partial charge in [0.15, 0.2) is 0 Å². The second-order valence-electron chi connectivity index (χ2n) is 5.80. The number of hydrogen-bond acceptors (Lipinski definition) is 4. The van der Waals surface area contributed by atoms with Gasteiger partial charge >= 0.3 is 6.18 Å². The van der Waals surface area contributed by atoms with Crippen LogP contribution in [-0.4, -0.2) is 23.4 Å². The van der Waals surface area contributed by atoms with Gasteiger partial charge in [-0.3, -0.25) is 4.31 Å². The standard InChI is InChI=1S/C15H12ClF3N2O4S2/c16-10-1-4-14(12(8-10)15(17,18)19)27(24,25)21-6-5-9-7-11(26(20,22)23)2-3-13(9)21/h1-4,7-8H,5-6H2,(H2,20,22,23). The van der Waals surface area contributed by atoms with Crippen LogP contribution in [0.3, 0.4) is 0 Å². The van der Waals surface area contributed by atoms with Crippen molar-refractivity contribution in [2.45, 2.75) is 22.4 Å². The molecule has 2 aromatic rings. The molecule has 27 heavy (non-hydrogen) atoms. The van der Waals surface area contributed by atoms with Crippen LogP contribution in [-0.2, 0) is 32.6 Å². The summed E-state index contributed by atoms with van der Waals surface area (Å²) in [5.41, 5.74) is -0.914. The average molecular weight is 441 g/mol. The van der Waals surface area contributed by atoms with Crippen LogP contribution in [0.15, 0.2) is 46.2 Å². The van der Waals surface area contributed by atoms with Crippen LogP contribution < -0.4 is 9.44 Å². The molecule has 2 aromatic carbocycles. The van der Waals surface area contributed by atoms with E-state index in [9.17, 15) is 30.0 Å². The molecule has 6 nitrogen and oxygen atoms in total. The Bertz CT molecular complexity index is 1130. The summed E-state index contributed by atoms with van der Waals surface area (Å²) in [6.07, 6.45) is -4.79. The number of anilines is 1. The normalized spacial score (nSPS) is 15.1. The van der Waals surface area contributed by atoms with Gasteiger partial charge in [-0.15, -0.1) is 0 Å². The summed E-state index contributed by atoms with van der Waals surface area (Å²) in [5.74, 6) is 0. The number of alkyl halides is 3. The van der Waals surface area contributed by atoms with E-state index in [2.05, 4.69) is 0 Å². The maximum absolute atomic E-state index is 13.3. The second-order valence-corrected chi connectivity index (χ2v) is 9.63. The van der Waals surface area contributed by atoms with E-state index in [1.54, 1.807) is 0 Å². The molecule has 0 aromatic heterocycles. The monoisotopic (exact) mass is 440 g/mol. The fraction of sp³-hybridized carbons (Fsp3) is 0.200. The first-order valence-corrected chi connectivity index (χ1v) is 10.7. The zero-order valence-corrected chi connectivity index (χ0v) is 15.8. The van der Waals surface area contributed by atoms with E-state index in [0.717, 1.165) is 22.5 Å². The molecule has 146 valence electrons. The van der Waals surface area contributed by atoms with Gasteiger partial charge in [-0.25, -0.2) is 22.0 Å². The van der Waals surface area contributed by atoms with Crippen molar-refractivity contribution in [3.8, 4) is 0 Å². The molecular formula is C15H12ClF3N2O4S2. The molecule has 12 heteroatoms. The van der Waals surface area contributed by atoms with Crippen LogP contribution in [0.4, 0.5) is 18.9 Å². The number of benzene rings is 2. The fourth-order valence-electron chi connectivity index (χ4n) is 2.84. The predicted molar refractivity (Wildman–Crippen MR) is 92.5 cm³/mol. The molecule has 0 bridgehead atoms. The number of nitrogens with two attached hydrogens (primary N) is 1. The van der Waals surface area contributed by atoms with Crippen LogP contribution >= 0.6 is 11.6 Å². The molecule has 3 rings (SSSR count). The van der Waals surface area contributed by atoms with Crippen LogP contribution in [0.1, 0.15) is 11.1 Å². The average Bonchev–Trinajstić information content (AvgIpc) is 2.96. The molecule has 0 radical (unpaired) electrons. The highest BCUT2D eigenvalue weighted by Crippen LogP contribution is 2.40. The summed E-state index contributed by atoms with van der Waals surface area (Å²) in [4.78, 5) is -1.13. The van der Waals surface area contributed by atoms with E-state index in [1.165, 1.54) is 12.1 Å². The molecule has 0 spiro atoms. The molecule has 0 amide bonds. The van der Waals surface area contributed by atoms with Gasteiger partial charge in [-0.2, -0.15) is 13.2 Å². The zero-order chi connectivity index (χ0) is 20.2. The zero-order valence-electron chi connectivity index (χ0n) is 13.4. The lowest BCUT2D eigenvalue weighted by Gasteiger charge is -2.22. The van der Waals surface area contributed by atoms with Crippen molar-refractivity contribution < 1.29 is 30.0 Å². The minimum Gasteiger partial charge on any atom is -0.266 e. The fourth-order valence-corrected chi connectivity index (χ4v) is 5.28. The number of primary sulfonamides is 1. The van der Waals surface area contributed by atoms with Crippen molar-refractivity contribution in [2.75, 3.05) is 10.8 Å². The third-order valence-corrected chi connectivity index (χ3v) is 7.06. The van der Waals surface area contributed by atoms with Gasteiger partial charge in [0.05, 0.1) is 21.0 Å². The van der Waals surface area contributed by atoms with Crippen molar-refractivity contribution in [3.63, 3.8) is 0 Å². The summed E-state index contributed by atoms with van der Waals surface area (Å²) >= 11 is 5.60. The Morgan fingerprint density at radius 2 is 1.70 bits per heavy atom. The minimum absolute atomic E-state index is 0.102. The van der Waals surface area contributed by atoms with Gasteiger partial charge in [0.2, 0.25) is 10.0 Å². The van der Waals surface area contributed by atoms with Crippen LogP contribution in [0.2, 0.25) is 5.02 Å². The molecule has 0 fully saturated rings. The molecule has 1 aliphatic heterocycles. The van der Waals surface area contributed by atoms with E-state index >= 15 is 0 Å². The van der Waals surface area contributed by atoms with Crippen molar-refractivity contribution in [1.29, 1.82) is 0 Å². The molecule has 0 saturated heterocycles. The van der Waals surface area contributed by atoms with Gasteiger partial charge in [0.1, 0.15) is 0 Å². The van der Waals surface area contributed by atoms with Gasteiger partial charge in [0, 0.05) is 11.6 Å². The maximum Gasteiger partial charge on any atom is 0.417 e. The number of sulfonamides is 2. The molecule has 0 unspecified atom stereocenters. The number of halogens is 4. The van der Waals surface area contributed by atoms with Gasteiger partial charge in [0.25, 0.3) is 10.0 Å². The van der Waals surface area contributed by atoms with Gasteiger partial charge in [-0.05, 0) is 48.4 Å². The topological polar surface area (TPSA) is 97.5 Å². The van der Waals surface area contributed by atoms with Gasteiger partial charge in [-0.1, -0.05) is 11.6 Å². The Labute approximate surface area is 158 Å². The Balaban J connectivity index is 2.13. The minimum atomic E-state index is -4.92.